The zero-order valence-corrected chi connectivity index (χ0v) is 12.7. The highest BCUT2D eigenvalue weighted by Crippen LogP contribution is 2.39. The zero-order valence-electron chi connectivity index (χ0n) is 12.7. The molecule has 0 aliphatic carbocycles. The lowest BCUT2D eigenvalue weighted by Gasteiger charge is -2.25. The van der Waals surface area contributed by atoms with Gasteiger partial charge in [0.05, 0.1) is 23.3 Å². The number of dihydropyridines is 1. The summed E-state index contributed by atoms with van der Waals surface area (Å²) in [5, 5.41) is 23.5. The molecule has 2 N–H and O–H groups in total. The van der Waals surface area contributed by atoms with Crippen molar-refractivity contribution in [2.75, 3.05) is 7.11 Å². The number of hydrogen-bond donors (Lipinski definition) is 2. The van der Waals surface area contributed by atoms with E-state index in [2.05, 4.69) is 5.32 Å². The summed E-state index contributed by atoms with van der Waals surface area (Å²) in [7, 11) is 1.36. The summed E-state index contributed by atoms with van der Waals surface area (Å²) in [6.07, 6.45) is 0. The van der Waals surface area contributed by atoms with Crippen LogP contribution in [-0.2, 0) is 4.79 Å². The number of carboxylic acids is 1. The fourth-order valence-electron chi connectivity index (χ4n) is 2.68. The lowest BCUT2D eigenvalue weighted by Crippen LogP contribution is -2.31. The first-order valence-electron chi connectivity index (χ1n) is 6.67. The molecule has 0 amide bonds. The van der Waals surface area contributed by atoms with Crippen LogP contribution in [0.1, 0.15) is 25.3 Å². The number of carbonyl (C=O) groups is 1. The molecule has 0 saturated heterocycles. The van der Waals surface area contributed by atoms with Crippen molar-refractivity contribution in [3.05, 3.63) is 62.4 Å². The monoisotopic (exact) mass is 322 g/mol. The molecule has 1 aromatic rings. The molecule has 1 aliphatic heterocycles. The maximum Gasteiger partial charge on any atom is 0.334 e. The van der Waals surface area contributed by atoms with Crippen molar-refractivity contribution >= 4 is 5.97 Å². The number of carboxylic acid groups (broad SMARTS) is 1. The van der Waals surface area contributed by atoms with Crippen LogP contribution in [0.25, 0.3) is 0 Å². The molecule has 0 bridgehead atoms. The summed E-state index contributed by atoms with van der Waals surface area (Å²) >= 11 is 0. The Bertz CT molecular complexity index is 718. The minimum Gasteiger partial charge on any atom is -0.497 e. The zero-order chi connectivity index (χ0) is 17.3. The fourth-order valence-corrected chi connectivity index (χ4v) is 2.68. The summed E-state index contributed by atoms with van der Waals surface area (Å²) in [5.41, 5.74) is -0.322. The van der Waals surface area contributed by atoms with Crippen molar-refractivity contribution in [3.63, 3.8) is 0 Å². The van der Waals surface area contributed by atoms with E-state index in [4.69, 9.17) is 4.74 Å². The summed E-state index contributed by atoms with van der Waals surface area (Å²) < 4.78 is 19.3. The van der Waals surface area contributed by atoms with Crippen molar-refractivity contribution in [1.82, 2.24) is 5.32 Å². The smallest absolute Gasteiger partial charge is 0.334 e. The predicted molar refractivity (Wildman–Crippen MR) is 78.9 cm³/mol. The molecular formula is C15H15FN2O5. The van der Waals surface area contributed by atoms with Crippen LogP contribution in [0.3, 0.4) is 0 Å². The Morgan fingerprint density at radius 1 is 1.39 bits per heavy atom. The van der Waals surface area contributed by atoms with Crippen LogP contribution in [-0.4, -0.2) is 23.1 Å². The van der Waals surface area contributed by atoms with Gasteiger partial charge in [0.2, 0.25) is 0 Å². The summed E-state index contributed by atoms with van der Waals surface area (Å²) in [5.74, 6) is -3.19. The van der Waals surface area contributed by atoms with Crippen LogP contribution >= 0.6 is 0 Å². The first kappa shape index (κ1) is 16.5. The van der Waals surface area contributed by atoms with Crippen molar-refractivity contribution < 1.29 is 24.0 Å². The Hall–Kier alpha value is -2.90. The van der Waals surface area contributed by atoms with E-state index < -0.39 is 28.3 Å². The van der Waals surface area contributed by atoms with E-state index in [-0.39, 0.29) is 28.3 Å². The Balaban J connectivity index is 2.72. The van der Waals surface area contributed by atoms with Gasteiger partial charge in [-0.05, 0) is 19.9 Å². The van der Waals surface area contributed by atoms with Crippen molar-refractivity contribution in [2.24, 2.45) is 0 Å². The number of methoxy groups -OCH3 is 1. The number of nitrogens with one attached hydrogen (secondary N) is 1. The maximum absolute atomic E-state index is 14.4. The van der Waals surface area contributed by atoms with Gasteiger partial charge in [0.15, 0.2) is 0 Å². The summed E-state index contributed by atoms with van der Waals surface area (Å²) in [4.78, 5) is 22.3. The van der Waals surface area contributed by atoms with Gasteiger partial charge in [-0.2, -0.15) is 0 Å². The molecule has 1 aliphatic rings. The first-order chi connectivity index (χ1) is 10.8. The quantitative estimate of drug-likeness (QED) is 0.652. The second kappa shape index (κ2) is 6.07. The minimum absolute atomic E-state index is 0.0879. The van der Waals surface area contributed by atoms with Crippen LogP contribution in [0.15, 0.2) is 40.9 Å². The van der Waals surface area contributed by atoms with Gasteiger partial charge in [-0.15, -0.1) is 0 Å². The molecule has 1 aromatic carbocycles. The summed E-state index contributed by atoms with van der Waals surface area (Å²) in [6.45, 7) is 2.94. The van der Waals surface area contributed by atoms with E-state index in [0.29, 0.717) is 0 Å². The molecule has 122 valence electrons. The van der Waals surface area contributed by atoms with Gasteiger partial charge in [0.25, 0.3) is 5.70 Å². The molecule has 2 rings (SSSR count). The number of benzene rings is 1. The van der Waals surface area contributed by atoms with Crippen molar-refractivity contribution in [1.29, 1.82) is 0 Å². The molecule has 0 unspecified atom stereocenters. The van der Waals surface area contributed by atoms with Gasteiger partial charge in [0, 0.05) is 17.3 Å². The Morgan fingerprint density at radius 3 is 2.52 bits per heavy atom. The van der Waals surface area contributed by atoms with E-state index in [1.807, 2.05) is 0 Å². The van der Waals surface area contributed by atoms with Gasteiger partial charge in [-0.3, -0.25) is 10.1 Å². The number of aliphatic carboxylic acids is 1. The highest BCUT2D eigenvalue weighted by atomic mass is 19.1. The van der Waals surface area contributed by atoms with Crippen LogP contribution in [0.5, 0.6) is 5.75 Å². The average molecular weight is 322 g/mol. The number of nitrogens with zero attached hydrogens (tertiary/aromatic N) is 1. The van der Waals surface area contributed by atoms with E-state index in [1.165, 1.54) is 33.1 Å². The number of nitro groups is 1. The van der Waals surface area contributed by atoms with Gasteiger partial charge >= 0.3 is 5.97 Å². The molecule has 0 saturated carbocycles. The van der Waals surface area contributed by atoms with Gasteiger partial charge in [-0.25, -0.2) is 9.18 Å². The Morgan fingerprint density at radius 2 is 2.04 bits per heavy atom. The molecule has 7 nitrogen and oxygen atoms in total. The van der Waals surface area contributed by atoms with E-state index in [1.54, 1.807) is 0 Å². The highest BCUT2D eigenvalue weighted by Gasteiger charge is 2.41. The molecule has 0 spiro atoms. The Labute approximate surface area is 131 Å². The predicted octanol–water partition coefficient (Wildman–Crippen LogP) is 2.39. The molecule has 23 heavy (non-hydrogen) atoms. The number of allylic oxidation sites excluding steroid dienone is 3. The SMILES string of the molecule is COc1ccc([C@@H]2C(C(=O)O)=C(C)NC(C)=C2[N+](=O)[O-])c(F)c1. The second-order valence-corrected chi connectivity index (χ2v) is 5.06. The van der Waals surface area contributed by atoms with Crippen molar-refractivity contribution in [3.8, 4) is 5.75 Å². The van der Waals surface area contributed by atoms with Gasteiger partial charge in [0.1, 0.15) is 17.5 Å². The number of rotatable bonds is 4. The van der Waals surface area contributed by atoms with Gasteiger partial charge in [-0.1, -0.05) is 6.07 Å². The van der Waals surface area contributed by atoms with Crippen LogP contribution in [0.2, 0.25) is 0 Å². The molecular weight excluding hydrogens is 307 g/mol. The largest absolute Gasteiger partial charge is 0.497 e. The second-order valence-electron chi connectivity index (χ2n) is 5.06. The third-order valence-corrected chi connectivity index (χ3v) is 3.67. The molecule has 0 aromatic heterocycles. The first-order valence-corrected chi connectivity index (χ1v) is 6.67. The van der Waals surface area contributed by atoms with E-state index in [0.717, 1.165) is 6.07 Å². The topological polar surface area (TPSA) is 102 Å². The van der Waals surface area contributed by atoms with Crippen LogP contribution in [0.4, 0.5) is 4.39 Å². The number of ether oxygens (including phenoxy) is 1. The lowest BCUT2D eigenvalue weighted by atomic mass is 9.84. The number of halogens is 1. The van der Waals surface area contributed by atoms with Crippen molar-refractivity contribution in [2.45, 2.75) is 19.8 Å². The third-order valence-electron chi connectivity index (χ3n) is 3.67. The van der Waals surface area contributed by atoms with Crippen LogP contribution < -0.4 is 10.1 Å². The molecule has 8 heteroatoms. The third kappa shape index (κ3) is 2.87. The highest BCUT2D eigenvalue weighted by molar-refractivity contribution is 5.90. The summed E-state index contributed by atoms with van der Waals surface area (Å²) in [6, 6.07) is 3.80. The van der Waals surface area contributed by atoms with E-state index in [9.17, 15) is 24.4 Å². The maximum atomic E-state index is 14.4. The van der Waals surface area contributed by atoms with Crippen LogP contribution in [0, 0.1) is 15.9 Å². The molecule has 0 radical (unpaired) electrons. The minimum atomic E-state index is -1.35. The standard InChI is InChI=1S/C15H15FN2O5/c1-7-12(15(19)20)13(14(18(21)22)8(2)17-7)10-5-4-9(23-3)6-11(10)16/h4-6,13,17H,1-3H3,(H,19,20)/t13-/m1/s1. The van der Waals surface area contributed by atoms with E-state index >= 15 is 0 Å². The van der Waals surface area contributed by atoms with Gasteiger partial charge < -0.3 is 15.2 Å². The molecule has 0 fully saturated rings. The lowest BCUT2D eigenvalue weighted by molar-refractivity contribution is -0.431. The fraction of sp³-hybridized carbons (Fsp3) is 0.267. The number of hydrogen-bond acceptors (Lipinski definition) is 5. The average Bonchev–Trinajstić information content (AvgIpc) is 2.45. The normalized spacial score (nSPS) is 17.8. The molecule has 1 atom stereocenters. The molecule has 1 heterocycles. The Kier molecular flexibility index (Phi) is 4.35.